The van der Waals surface area contributed by atoms with E-state index < -0.39 is 10.0 Å². The molecule has 0 aliphatic carbocycles. The Kier molecular flexibility index (Phi) is 4.34. The number of nitrogens with one attached hydrogen (secondary N) is 2. The molecule has 0 fully saturated rings. The van der Waals surface area contributed by atoms with Crippen molar-refractivity contribution in [3.05, 3.63) is 36.5 Å². The van der Waals surface area contributed by atoms with Crippen LogP contribution in [0.25, 0.3) is 10.9 Å². The van der Waals surface area contributed by atoms with Gasteiger partial charge in [0.1, 0.15) is 0 Å². The number of fused-ring (bicyclic) bond motifs is 1. The van der Waals surface area contributed by atoms with E-state index in [1.807, 2.05) is 24.3 Å². The Morgan fingerprint density at radius 2 is 2.05 bits per heavy atom. The summed E-state index contributed by atoms with van der Waals surface area (Å²) >= 11 is 0. The van der Waals surface area contributed by atoms with Crippen LogP contribution < -0.4 is 10.0 Å². The molecule has 5 nitrogen and oxygen atoms in total. The summed E-state index contributed by atoms with van der Waals surface area (Å²) < 4.78 is 26.2. The number of nitrogens with zero attached hydrogens (tertiary/aromatic N) is 1. The highest BCUT2D eigenvalue weighted by Crippen LogP contribution is 2.17. The second kappa shape index (κ2) is 5.99. The van der Waals surface area contributed by atoms with Crippen LogP contribution >= 0.6 is 0 Å². The predicted molar refractivity (Wildman–Crippen MR) is 77.7 cm³/mol. The number of benzene rings is 1. The first-order chi connectivity index (χ1) is 9.11. The van der Waals surface area contributed by atoms with E-state index in [-0.39, 0.29) is 5.75 Å². The molecule has 0 aliphatic heterocycles. The molecule has 2 rings (SSSR count). The normalized spacial score (nSPS) is 11.6. The van der Waals surface area contributed by atoms with Gasteiger partial charge in [-0.15, -0.1) is 0 Å². The van der Waals surface area contributed by atoms with Gasteiger partial charge in [-0.3, -0.25) is 9.71 Å². The molecule has 102 valence electrons. The third-order valence-corrected chi connectivity index (χ3v) is 4.08. The van der Waals surface area contributed by atoms with Crippen molar-refractivity contribution >= 4 is 26.6 Å². The number of sulfonamides is 1. The first-order valence-corrected chi connectivity index (χ1v) is 7.76. The number of rotatable bonds is 6. The van der Waals surface area contributed by atoms with Crippen molar-refractivity contribution in [3.8, 4) is 0 Å². The summed E-state index contributed by atoms with van der Waals surface area (Å²) in [5.74, 6) is 0.0979. The summed E-state index contributed by atoms with van der Waals surface area (Å²) in [6, 6.07) is 9.38. The molecular formula is C13H17N3O2S. The van der Waals surface area contributed by atoms with E-state index in [1.165, 1.54) is 6.20 Å². The van der Waals surface area contributed by atoms with Crippen molar-refractivity contribution < 1.29 is 8.42 Å². The maximum absolute atomic E-state index is 11.8. The van der Waals surface area contributed by atoms with E-state index >= 15 is 0 Å². The van der Waals surface area contributed by atoms with Crippen molar-refractivity contribution in [2.24, 2.45) is 0 Å². The average Bonchev–Trinajstić information content (AvgIpc) is 2.38. The maximum Gasteiger partial charge on any atom is 0.232 e. The van der Waals surface area contributed by atoms with Crippen LogP contribution in [-0.2, 0) is 10.0 Å². The van der Waals surface area contributed by atoms with E-state index in [0.29, 0.717) is 18.7 Å². The van der Waals surface area contributed by atoms with Crippen LogP contribution in [-0.4, -0.2) is 32.7 Å². The number of aromatic nitrogens is 1. The molecule has 0 amide bonds. The monoisotopic (exact) mass is 279 g/mol. The Hall–Kier alpha value is -1.66. The van der Waals surface area contributed by atoms with E-state index in [4.69, 9.17) is 0 Å². The summed E-state index contributed by atoms with van der Waals surface area (Å²) in [5, 5.41) is 3.84. The molecule has 0 saturated carbocycles. The summed E-state index contributed by atoms with van der Waals surface area (Å²) in [5.41, 5.74) is 1.35. The van der Waals surface area contributed by atoms with Gasteiger partial charge < -0.3 is 5.32 Å². The number of hydrogen-bond donors (Lipinski definition) is 2. The van der Waals surface area contributed by atoms with E-state index in [9.17, 15) is 8.42 Å². The fraction of sp³-hybridized carbons (Fsp3) is 0.308. The topological polar surface area (TPSA) is 71.1 Å². The molecule has 0 spiro atoms. The Morgan fingerprint density at radius 3 is 2.84 bits per heavy atom. The fourth-order valence-electron chi connectivity index (χ4n) is 1.80. The zero-order chi connectivity index (χ0) is 13.7. The summed E-state index contributed by atoms with van der Waals surface area (Å²) in [7, 11) is -1.51. The van der Waals surface area contributed by atoms with Gasteiger partial charge in [0.05, 0.1) is 23.2 Å². The van der Waals surface area contributed by atoms with Crippen molar-refractivity contribution in [1.29, 1.82) is 0 Å². The lowest BCUT2D eigenvalue weighted by atomic mass is 10.2. The third-order valence-electron chi connectivity index (χ3n) is 2.70. The van der Waals surface area contributed by atoms with Gasteiger partial charge in [-0.05, 0) is 32.1 Å². The lowest BCUT2D eigenvalue weighted by Crippen LogP contribution is -2.20. The van der Waals surface area contributed by atoms with Gasteiger partial charge in [-0.25, -0.2) is 8.42 Å². The fourth-order valence-corrected chi connectivity index (χ4v) is 2.89. The van der Waals surface area contributed by atoms with Gasteiger partial charge in [0.15, 0.2) is 0 Å². The number of hydrogen-bond acceptors (Lipinski definition) is 4. The molecule has 0 bridgehead atoms. The summed E-state index contributed by atoms with van der Waals surface area (Å²) in [6.45, 7) is 0.677. The van der Waals surface area contributed by atoms with Gasteiger partial charge in [0.25, 0.3) is 0 Å². The first-order valence-electron chi connectivity index (χ1n) is 6.10. The second-order valence-electron chi connectivity index (χ2n) is 4.29. The summed E-state index contributed by atoms with van der Waals surface area (Å²) in [6.07, 6.45) is 2.12. The molecule has 1 aromatic carbocycles. The maximum atomic E-state index is 11.8. The van der Waals surface area contributed by atoms with E-state index in [0.717, 1.165) is 10.9 Å². The van der Waals surface area contributed by atoms with Gasteiger partial charge in [-0.1, -0.05) is 18.2 Å². The number of para-hydroxylation sites is 1. The number of pyridine rings is 1. The molecule has 1 heterocycles. The highest BCUT2D eigenvalue weighted by Gasteiger charge is 2.10. The van der Waals surface area contributed by atoms with Crippen LogP contribution in [0.1, 0.15) is 6.42 Å². The third kappa shape index (κ3) is 3.90. The van der Waals surface area contributed by atoms with Gasteiger partial charge in [-0.2, -0.15) is 0 Å². The standard InChI is InChI=1S/C13H17N3O2S/c1-14-7-4-8-19(17,18)16-12-9-11-5-2-3-6-13(11)15-10-12/h2-3,5-6,9-10,14,16H,4,7-8H2,1H3. The van der Waals surface area contributed by atoms with Crippen LogP contribution in [0.2, 0.25) is 0 Å². The van der Waals surface area contributed by atoms with Gasteiger partial charge in [0, 0.05) is 5.39 Å². The Morgan fingerprint density at radius 1 is 1.26 bits per heavy atom. The number of anilines is 1. The van der Waals surface area contributed by atoms with Crippen molar-refractivity contribution in [2.75, 3.05) is 24.1 Å². The van der Waals surface area contributed by atoms with Crippen LogP contribution in [0.5, 0.6) is 0 Å². The molecule has 0 aliphatic rings. The van der Waals surface area contributed by atoms with Crippen LogP contribution in [0.3, 0.4) is 0 Å². The van der Waals surface area contributed by atoms with Gasteiger partial charge >= 0.3 is 0 Å². The van der Waals surface area contributed by atoms with Gasteiger partial charge in [0.2, 0.25) is 10.0 Å². The highest BCUT2D eigenvalue weighted by atomic mass is 32.2. The molecule has 0 saturated heterocycles. The van der Waals surface area contributed by atoms with Crippen LogP contribution in [0, 0.1) is 0 Å². The quantitative estimate of drug-likeness (QED) is 0.788. The first kappa shape index (κ1) is 13.8. The van der Waals surface area contributed by atoms with E-state index in [2.05, 4.69) is 15.0 Å². The molecule has 19 heavy (non-hydrogen) atoms. The van der Waals surface area contributed by atoms with Crippen molar-refractivity contribution in [3.63, 3.8) is 0 Å². The highest BCUT2D eigenvalue weighted by molar-refractivity contribution is 7.92. The average molecular weight is 279 g/mol. The Balaban J connectivity index is 2.12. The Labute approximate surface area is 113 Å². The second-order valence-corrected chi connectivity index (χ2v) is 6.14. The molecule has 2 aromatic rings. The van der Waals surface area contributed by atoms with Crippen LogP contribution in [0.15, 0.2) is 36.5 Å². The minimum absolute atomic E-state index is 0.0979. The minimum Gasteiger partial charge on any atom is -0.320 e. The summed E-state index contributed by atoms with van der Waals surface area (Å²) in [4.78, 5) is 4.22. The smallest absolute Gasteiger partial charge is 0.232 e. The lowest BCUT2D eigenvalue weighted by molar-refractivity contribution is 0.597. The lowest BCUT2D eigenvalue weighted by Gasteiger charge is -2.08. The molecule has 0 radical (unpaired) electrons. The largest absolute Gasteiger partial charge is 0.320 e. The van der Waals surface area contributed by atoms with E-state index in [1.54, 1.807) is 13.1 Å². The SMILES string of the molecule is CNCCCS(=O)(=O)Nc1cnc2ccccc2c1. The van der Waals surface area contributed by atoms with Crippen molar-refractivity contribution in [2.45, 2.75) is 6.42 Å². The molecule has 0 atom stereocenters. The molecule has 2 N–H and O–H groups in total. The molecular weight excluding hydrogens is 262 g/mol. The molecule has 6 heteroatoms. The van der Waals surface area contributed by atoms with Crippen molar-refractivity contribution in [1.82, 2.24) is 10.3 Å². The minimum atomic E-state index is -3.31. The molecule has 0 unspecified atom stereocenters. The zero-order valence-electron chi connectivity index (χ0n) is 10.8. The zero-order valence-corrected chi connectivity index (χ0v) is 11.6. The predicted octanol–water partition coefficient (Wildman–Crippen LogP) is 1.59. The van der Waals surface area contributed by atoms with Crippen LogP contribution in [0.4, 0.5) is 5.69 Å². The Bertz CT molecular complexity index is 656. The molecule has 1 aromatic heterocycles.